The third kappa shape index (κ3) is 8.14. The molecule has 262 valence electrons. The van der Waals surface area contributed by atoms with Crippen molar-refractivity contribution >= 4 is 58.0 Å². The summed E-state index contributed by atoms with van der Waals surface area (Å²) in [6.45, 7) is 12.8. The van der Waals surface area contributed by atoms with Crippen LogP contribution in [0.25, 0.3) is 5.69 Å². The molecule has 4 heterocycles. The van der Waals surface area contributed by atoms with E-state index in [9.17, 15) is 13.2 Å². The van der Waals surface area contributed by atoms with Crippen molar-refractivity contribution in [1.29, 1.82) is 0 Å². The van der Waals surface area contributed by atoms with Crippen molar-refractivity contribution in [3.63, 3.8) is 0 Å². The SMILES string of the molecule is COc1cc(Nc2ncc(Br)c(Nc3ccc(-n4cc(C(F)(F)F)cn4)cc3P(C)C)n2)c(C)cc1N1CCC(N2CCN(C)CC2)CC1. The maximum atomic E-state index is 13.2. The van der Waals surface area contributed by atoms with Crippen molar-refractivity contribution < 1.29 is 17.9 Å². The highest BCUT2D eigenvalue weighted by molar-refractivity contribution is 9.10. The van der Waals surface area contributed by atoms with E-state index in [0.29, 0.717) is 28.0 Å². The van der Waals surface area contributed by atoms with Gasteiger partial charge in [-0.05, 0) is 85.9 Å². The van der Waals surface area contributed by atoms with Gasteiger partial charge in [-0.1, -0.05) is 7.92 Å². The van der Waals surface area contributed by atoms with E-state index >= 15 is 0 Å². The number of piperidine rings is 1. The molecule has 2 saturated heterocycles. The van der Waals surface area contributed by atoms with Crippen LogP contribution in [0.1, 0.15) is 24.0 Å². The van der Waals surface area contributed by atoms with E-state index < -0.39 is 19.7 Å². The highest BCUT2D eigenvalue weighted by Gasteiger charge is 2.32. The lowest BCUT2D eigenvalue weighted by Crippen LogP contribution is -2.52. The second-order valence-electron chi connectivity index (χ2n) is 12.8. The van der Waals surface area contributed by atoms with E-state index in [4.69, 9.17) is 9.72 Å². The Morgan fingerprint density at radius 3 is 2.35 bits per heavy atom. The topological polar surface area (TPSA) is 86.6 Å². The molecule has 0 radical (unpaired) electrons. The van der Waals surface area contributed by atoms with Gasteiger partial charge in [0.1, 0.15) is 11.6 Å². The number of nitrogens with zero attached hydrogens (tertiary/aromatic N) is 7. The molecule has 2 aliphatic heterocycles. The fourth-order valence-corrected chi connectivity index (χ4v) is 7.68. The molecule has 49 heavy (non-hydrogen) atoms. The molecule has 0 amide bonds. The Morgan fingerprint density at radius 2 is 1.69 bits per heavy atom. The van der Waals surface area contributed by atoms with Gasteiger partial charge in [-0.15, -0.1) is 0 Å². The van der Waals surface area contributed by atoms with Crippen molar-refractivity contribution in [2.24, 2.45) is 0 Å². The Balaban J connectivity index is 1.17. The Labute approximate surface area is 294 Å². The average molecular weight is 761 g/mol. The number of likely N-dealkylation sites (N-methyl/N-ethyl adjacent to an activating group) is 1. The van der Waals surface area contributed by atoms with Gasteiger partial charge < -0.3 is 25.2 Å². The van der Waals surface area contributed by atoms with Crippen LogP contribution in [0.3, 0.4) is 0 Å². The summed E-state index contributed by atoms with van der Waals surface area (Å²) >= 11 is 3.57. The van der Waals surface area contributed by atoms with Gasteiger partial charge in [0.15, 0.2) is 0 Å². The van der Waals surface area contributed by atoms with Gasteiger partial charge >= 0.3 is 6.18 Å². The van der Waals surface area contributed by atoms with Gasteiger partial charge in [0.05, 0.1) is 34.7 Å². The number of aryl methyl sites for hydroxylation is 1. The minimum absolute atomic E-state index is 0.404. The summed E-state index contributed by atoms with van der Waals surface area (Å²) in [4.78, 5) is 16.8. The number of ether oxygens (including phenoxy) is 1. The lowest BCUT2D eigenvalue weighted by molar-refractivity contribution is -0.137. The molecule has 0 atom stereocenters. The van der Waals surface area contributed by atoms with Gasteiger partial charge in [0.2, 0.25) is 5.95 Å². The predicted molar refractivity (Wildman–Crippen MR) is 195 cm³/mol. The molecule has 0 aliphatic carbocycles. The molecular formula is C34H42BrF3N9OP. The average Bonchev–Trinajstić information content (AvgIpc) is 3.59. The van der Waals surface area contributed by atoms with Crippen LogP contribution in [0, 0.1) is 6.92 Å². The van der Waals surface area contributed by atoms with E-state index in [-0.39, 0.29) is 0 Å². The smallest absolute Gasteiger partial charge is 0.419 e. The highest BCUT2D eigenvalue weighted by Crippen LogP contribution is 2.38. The number of piperazine rings is 1. The molecule has 0 spiro atoms. The van der Waals surface area contributed by atoms with E-state index in [1.807, 2.05) is 18.2 Å². The lowest BCUT2D eigenvalue weighted by Gasteiger charge is -2.42. The predicted octanol–water partition coefficient (Wildman–Crippen LogP) is 6.83. The lowest BCUT2D eigenvalue weighted by atomic mass is 10.0. The first kappa shape index (κ1) is 35.4. The van der Waals surface area contributed by atoms with Crippen molar-refractivity contribution in [2.45, 2.75) is 32.0 Å². The van der Waals surface area contributed by atoms with Crippen molar-refractivity contribution in [3.05, 3.63) is 64.5 Å². The normalized spacial score (nSPS) is 16.7. The third-order valence-electron chi connectivity index (χ3n) is 9.27. The van der Waals surface area contributed by atoms with Crippen LogP contribution < -0.4 is 25.6 Å². The molecule has 2 fully saturated rings. The van der Waals surface area contributed by atoms with Gasteiger partial charge in [-0.2, -0.15) is 23.3 Å². The summed E-state index contributed by atoms with van der Waals surface area (Å²) < 4.78 is 47.3. The molecule has 15 heteroatoms. The summed E-state index contributed by atoms with van der Waals surface area (Å²) in [5.74, 6) is 1.75. The molecular weight excluding hydrogens is 718 g/mol. The van der Waals surface area contributed by atoms with Crippen LogP contribution in [-0.2, 0) is 6.18 Å². The maximum absolute atomic E-state index is 13.2. The van der Waals surface area contributed by atoms with Crippen LogP contribution in [0.5, 0.6) is 5.75 Å². The zero-order valence-electron chi connectivity index (χ0n) is 28.4. The zero-order valence-corrected chi connectivity index (χ0v) is 30.8. The molecule has 0 unspecified atom stereocenters. The minimum atomic E-state index is -4.45. The Morgan fingerprint density at radius 1 is 0.959 bits per heavy atom. The van der Waals surface area contributed by atoms with E-state index in [1.54, 1.807) is 19.4 Å². The number of benzene rings is 2. The van der Waals surface area contributed by atoms with Gasteiger partial charge in [0, 0.05) is 80.4 Å². The third-order valence-corrected chi connectivity index (χ3v) is 11.2. The number of aromatic nitrogens is 4. The summed E-state index contributed by atoms with van der Waals surface area (Å²) in [6, 6.07) is 10.2. The van der Waals surface area contributed by atoms with Crippen molar-refractivity contribution in [3.8, 4) is 11.4 Å². The molecule has 2 aromatic heterocycles. The van der Waals surface area contributed by atoms with E-state index in [0.717, 1.165) is 98.2 Å². The van der Waals surface area contributed by atoms with Gasteiger partial charge in [0.25, 0.3) is 0 Å². The van der Waals surface area contributed by atoms with Crippen molar-refractivity contribution in [1.82, 2.24) is 29.5 Å². The van der Waals surface area contributed by atoms with Crippen LogP contribution >= 0.6 is 23.9 Å². The number of rotatable bonds is 9. The Hall–Kier alpha value is -3.45. The maximum Gasteiger partial charge on any atom is 0.419 e. The molecule has 10 nitrogen and oxygen atoms in total. The number of methoxy groups -OCH3 is 1. The first-order valence-electron chi connectivity index (χ1n) is 16.3. The van der Waals surface area contributed by atoms with Crippen LogP contribution in [0.15, 0.2) is 53.4 Å². The molecule has 4 aromatic rings. The zero-order chi connectivity index (χ0) is 34.9. The number of alkyl halides is 3. The van der Waals surface area contributed by atoms with Gasteiger partial charge in [-0.3, -0.25) is 4.90 Å². The largest absolute Gasteiger partial charge is 0.495 e. The monoisotopic (exact) mass is 759 g/mol. The standard InChI is InChI=1S/C34H42BrF3N9OP/c1-22-16-29(46-10-8-24(9-11-46)45-14-12-44(2)13-15-45)30(48-3)18-28(22)42-33-39-20-26(35)32(43-33)41-27-7-6-25(17-31(27)49(4)5)47-21-23(19-40-47)34(36,37)38/h6-7,16-21,24H,8-15H2,1-5H3,(H2,39,41,42,43). The summed E-state index contributed by atoms with van der Waals surface area (Å²) in [5.41, 5.74) is 3.54. The minimum Gasteiger partial charge on any atom is -0.495 e. The Bertz CT molecular complexity index is 1770. The molecule has 2 N–H and O–H groups in total. The second-order valence-corrected chi connectivity index (χ2v) is 15.9. The summed E-state index contributed by atoms with van der Waals surface area (Å²) in [6.07, 6.45) is 1.34. The van der Waals surface area contributed by atoms with Crippen LogP contribution in [0.2, 0.25) is 0 Å². The fourth-order valence-electron chi connectivity index (χ4n) is 6.39. The molecule has 0 saturated carbocycles. The summed E-state index contributed by atoms with van der Waals surface area (Å²) in [7, 11) is 3.26. The molecule has 6 rings (SSSR count). The number of halogens is 4. The molecule has 2 aromatic carbocycles. The van der Waals surface area contributed by atoms with Crippen molar-refractivity contribution in [2.75, 3.05) is 82.3 Å². The fraction of sp³-hybridized carbons (Fsp3) is 0.441. The quantitative estimate of drug-likeness (QED) is 0.179. The van der Waals surface area contributed by atoms with Crippen LogP contribution in [0.4, 0.5) is 42.0 Å². The Kier molecular flexibility index (Phi) is 10.7. The van der Waals surface area contributed by atoms with E-state index in [2.05, 4.69) is 84.7 Å². The first-order chi connectivity index (χ1) is 23.4. The highest BCUT2D eigenvalue weighted by atomic mass is 79.9. The molecule has 2 aliphatic rings. The number of hydrogen-bond donors (Lipinski definition) is 2. The number of hydrogen-bond acceptors (Lipinski definition) is 9. The van der Waals surface area contributed by atoms with E-state index in [1.165, 1.54) is 4.68 Å². The molecule has 0 bridgehead atoms. The van der Waals surface area contributed by atoms with Gasteiger partial charge in [-0.25, -0.2) is 9.67 Å². The number of anilines is 5. The second kappa shape index (κ2) is 14.8. The summed E-state index contributed by atoms with van der Waals surface area (Å²) in [5, 5.41) is 11.7. The van der Waals surface area contributed by atoms with Crippen LogP contribution in [-0.4, -0.2) is 102 Å². The first-order valence-corrected chi connectivity index (χ1v) is 19.3. The number of nitrogens with one attached hydrogen (secondary N) is 2.